The summed E-state index contributed by atoms with van der Waals surface area (Å²) in [5.41, 5.74) is 6.98. The van der Waals surface area contributed by atoms with Crippen LogP contribution in [-0.4, -0.2) is 5.75 Å². The van der Waals surface area contributed by atoms with Crippen LogP contribution < -0.4 is 5.73 Å². The van der Waals surface area contributed by atoms with Crippen LogP contribution in [-0.2, 0) is 0 Å². The van der Waals surface area contributed by atoms with Crippen molar-refractivity contribution in [1.29, 1.82) is 0 Å². The van der Waals surface area contributed by atoms with Gasteiger partial charge in [-0.05, 0) is 52.7 Å². The Morgan fingerprint density at radius 1 is 1.50 bits per heavy atom. The molecule has 1 atom stereocenters. The van der Waals surface area contributed by atoms with Crippen molar-refractivity contribution >= 4 is 27.7 Å². The van der Waals surface area contributed by atoms with Crippen LogP contribution in [0.15, 0.2) is 27.6 Å². The van der Waals surface area contributed by atoms with Crippen molar-refractivity contribution in [3.8, 4) is 0 Å². The highest BCUT2D eigenvalue weighted by atomic mass is 79.9. The Labute approximate surface area is 98.6 Å². The van der Waals surface area contributed by atoms with E-state index in [2.05, 4.69) is 41.1 Å². The maximum Gasteiger partial charge on any atom is 0.0314 e. The molecule has 1 unspecified atom stereocenters. The van der Waals surface area contributed by atoms with Gasteiger partial charge in [-0.2, -0.15) is 0 Å². The Balaban J connectivity index is 2.79. The molecule has 1 aromatic rings. The van der Waals surface area contributed by atoms with Crippen molar-refractivity contribution in [1.82, 2.24) is 0 Å². The highest BCUT2D eigenvalue weighted by molar-refractivity contribution is 9.10. The van der Waals surface area contributed by atoms with Crippen LogP contribution in [0.25, 0.3) is 0 Å². The molecule has 0 aliphatic carbocycles. The molecule has 0 saturated heterocycles. The minimum atomic E-state index is 0.108. The van der Waals surface area contributed by atoms with Gasteiger partial charge in [-0.1, -0.05) is 13.0 Å². The average molecular weight is 274 g/mol. The van der Waals surface area contributed by atoms with E-state index in [0.29, 0.717) is 0 Å². The third kappa shape index (κ3) is 3.30. The van der Waals surface area contributed by atoms with Gasteiger partial charge in [0.15, 0.2) is 0 Å². The fraction of sp³-hybridized carbons (Fsp3) is 0.455. The molecule has 0 fully saturated rings. The van der Waals surface area contributed by atoms with Crippen LogP contribution in [0, 0.1) is 0 Å². The second-order valence-electron chi connectivity index (χ2n) is 3.33. The summed E-state index contributed by atoms with van der Waals surface area (Å²) in [5, 5.41) is 0. The molecule has 1 aromatic carbocycles. The molecule has 0 heterocycles. The predicted molar refractivity (Wildman–Crippen MR) is 67.8 cm³/mol. The van der Waals surface area contributed by atoms with Crippen molar-refractivity contribution < 1.29 is 0 Å². The normalized spacial score (nSPS) is 12.9. The van der Waals surface area contributed by atoms with Crippen LogP contribution >= 0.6 is 27.7 Å². The number of hydrogen-bond donors (Lipinski definition) is 1. The summed E-state index contributed by atoms with van der Waals surface area (Å²) in [7, 11) is 0. The van der Waals surface area contributed by atoms with Gasteiger partial charge in [0.05, 0.1) is 0 Å². The van der Waals surface area contributed by atoms with Crippen molar-refractivity contribution in [3.05, 3.63) is 28.2 Å². The third-order valence-corrected chi connectivity index (χ3v) is 4.14. The first-order valence-electron chi connectivity index (χ1n) is 4.83. The number of thioether (sulfide) groups is 1. The van der Waals surface area contributed by atoms with Gasteiger partial charge in [0.1, 0.15) is 0 Å². The van der Waals surface area contributed by atoms with Crippen molar-refractivity contribution in [2.24, 2.45) is 5.73 Å². The van der Waals surface area contributed by atoms with Crippen LogP contribution in [0.4, 0.5) is 0 Å². The fourth-order valence-electron chi connectivity index (χ4n) is 1.13. The minimum absolute atomic E-state index is 0.108. The van der Waals surface area contributed by atoms with E-state index in [-0.39, 0.29) is 6.04 Å². The lowest BCUT2D eigenvalue weighted by molar-refractivity contribution is 0.815. The summed E-state index contributed by atoms with van der Waals surface area (Å²) in [6, 6.07) is 6.47. The van der Waals surface area contributed by atoms with E-state index in [9.17, 15) is 0 Å². The molecule has 1 nitrogen and oxygen atoms in total. The molecule has 0 spiro atoms. The molecule has 0 saturated carbocycles. The van der Waals surface area contributed by atoms with Gasteiger partial charge in [0, 0.05) is 15.4 Å². The van der Waals surface area contributed by atoms with Crippen molar-refractivity contribution in [2.75, 3.05) is 5.75 Å². The zero-order chi connectivity index (χ0) is 10.6. The standard InChI is InChI=1S/C11H16BrNS/c1-3-6-14-11-5-4-9(8(2)13)7-10(11)12/h4-5,7-8H,3,6,13H2,1-2H3. The first-order chi connectivity index (χ1) is 6.65. The Hall–Kier alpha value is 0.01000. The van der Waals surface area contributed by atoms with Crippen LogP contribution in [0.3, 0.4) is 0 Å². The molecule has 1 rings (SSSR count). The molecular formula is C11H16BrNS. The van der Waals surface area contributed by atoms with E-state index in [1.165, 1.54) is 16.9 Å². The second kappa shape index (κ2) is 5.79. The second-order valence-corrected chi connectivity index (χ2v) is 5.32. The highest BCUT2D eigenvalue weighted by Crippen LogP contribution is 2.29. The molecule has 0 bridgehead atoms. The van der Waals surface area contributed by atoms with E-state index >= 15 is 0 Å². The fourth-order valence-corrected chi connectivity index (χ4v) is 2.65. The third-order valence-electron chi connectivity index (χ3n) is 1.94. The van der Waals surface area contributed by atoms with Crippen LogP contribution in [0.2, 0.25) is 0 Å². The summed E-state index contributed by atoms with van der Waals surface area (Å²) in [6.07, 6.45) is 1.20. The van der Waals surface area contributed by atoms with E-state index in [4.69, 9.17) is 5.73 Å². The number of benzene rings is 1. The minimum Gasteiger partial charge on any atom is -0.324 e. The topological polar surface area (TPSA) is 26.0 Å². The molecule has 14 heavy (non-hydrogen) atoms. The van der Waals surface area contributed by atoms with Crippen LogP contribution in [0.5, 0.6) is 0 Å². The molecule has 0 radical (unpaired) electrons. The van der Waals surface area contributed by atoms with E-state index < -0.39 is 0 Å². The molecule has 3 heteroatoms. The van der Waals surface area contributed by atoms with Gasteiger partial charge >= 0.3 is 0 Å². The van der Waals surface area contributed by atoms with Gasteiger partial charge < -0.3 is 5.73 Å². The van der Waals surface area contributed by atoms with E-state index in [1.54, 1.807) is 0 Å². The maximum absolute atomic E-state index is 5.81. The molecule has 0 amide bonds. The maximum atomic E-state index is 5.81. The van der Waals surface area contributed by atoms with Gasteiger partial charge in [-0.15, -0.1) is 11.8 Å². The number of nitrogens with two attached hydrogens (primary N) is 1. The van der Waals surface area contributed by atoms with Crippen molar-refractivity contribution in [2.45, 2.75) is 31.2 Å². The number of hydrogen-bond acceptors (Lipinski definition) is 2. The summed E-state index contributed by atoms with van der Waals surface area (Å²) in [6.45, 7) is 4.19. The first-order valence-corrected chi connectivity index (χ1v) is 6.60. The van der Waals surface area contributed by atoms with Crippen molar-refractivity contribution in [3.63, 3.8) is 0 Å². The quantitative estimate of drug-likeness (QED) is 0.841. The Kier molecular flexibility index (Phi) is 4.99. The lowest BCUT2D eigenvalue weighted by atomic mass is 10.1. The summed E-state index contributed by atoms with van der Waals surface area (Å²) in [5.74, 6) is 1.16. The predicted octanol–water partition coefficient (Wildman–Crippen LogP) is 3.97. The van der Waals surface area contributed by atoms with E-state index in [0.717, 1.165) is 10.2 Å². The Morgan fingerprint density at radius 2 is 2.21 bits per heavy atom. The van der Waals surface area contributed by atoms with Gasteiger partial charge in [0.2, 0.25) is 0 Å². The average Bonchev–Trinajstić information content (AvgIpc) is 2.15. The van der Waals surface area contributed by atoms with E-state index in [1.807, 2.05) is 18.7 Å². The molecule has 0 aliphatic heterocycles. The summed E-state index contributed by atoms with van der Waals surface area (Å²) >= 11 is 5.45. The lowest BCUT2D eigenvalue weighted by Crippen LogP contribution is -2.04. The molecule has 0 aromatic heterocycles. The summed E-state index contributed by atoms with van der Waals surface area (Å²) < 4.78 is 1.16. The Bertz CT molecular complexity index is 299. The molecule has 2 N–H and O–H groups in total. The van der Waals surface area contributed by atoms with Gasteiger partial charge in [0.25, 0.3) is 0 Å². The molecular weight excluding hydrogens is 258 g/mol. The largest absolute Gasteiger partial charge is 0.324 e. The number of rotatable bonds is 4. The SMILES string of the molecule is CCCSc1ccc(C(C)N)cc1Br. The van der Waals surface area contributed by atoms with Crippen LogP contribution in [0.1, 0.15) is 31.9 Å². The zero-order valence-electron chi connectivity index (χ0n) is 8.59. The molecule has 78 valence electrons. The summed E-state index contributed by atoms with van der Waals surface area (Å²) in [4.78, 5) is 1.30. The highest BCUT2D eigenvalue weighted by Gasteiger charge is 2.04. The lowest BCUT2D eigenvalue weighted by Gasteiger charge is -2.09. The molecule has 0 aliphatic rings. The zero-order valence-corrected chi connectivity index (χ0v) is 11.0. The smallest absolute Gasteiger partial charge is 0.0314 e. The van der Waals surface area contributed by atoms with Gasteiger partial charge in [-0.3, -0.25) is 0 Å². The monoisotopic (exact) mass is 273 g/mol. The first kappa shape index (κ1) is 12.1. The van der Waals surface area contributed by atoms with Gasteiger partial charge in [-0.25, -0.2) is 0 Å². The number of halogens is 1. The Morgan fingerprint density at radius 3 is 2.71 bits per heavy atom.